The molecule has 2 saturated heterocycles. The van der Waals surface area contributed by atoms with E-state index in [0.717, 1.165) is 27.7 Å². The SMILES string of the molecule is CCN1C(=O)[C@@H]2[C@H](C1=O)[C@@H](C(=O)c1ccc(C)cc1)N1c3ccc4cccnc4c3C=C[C@H]21. The minimum Gasteiger partial charge on any atom is -0.352 e. The van der Waals surface area contributed by atoms with E-state index in [1.165, 1.54) is 4.90 Å². The van der Waals surface area contributed by atoms with Gasteiger partial charge >= 0.3 is 0 Å². The lowest BCUT2D eigenvalue weighted by molar-refractivity contribution is -0.140. The molecular weight excluding hydrogens is 414 g/mol. The smallest absolute Gasteiger partial charge is 0.235 e. The summed E-state index contributed by atoms with van der Waals surface area (Å²) in [6, 6.07) is 14.2. The minimum absolute atomic E-state index is 0.131. The van der Waals surface area contributed by atoms with Crippen molar-refractivity contribution in [1.82, 2.24) is 9.88 Å². The predicted octanol–water partition coefficient (Wildman–Crippen LogP) is 3.63. The maximum absolute atomic E-state index is 13.9. The van der Waals surface area contributed by atoms with Gasteiger partial charge in [0.2, 0.25) is 11.8 Å². The first-order chi connectivity index (χ1) is 16.0. The molecule has 2 fully saturated rings. The Labute approximate surface area is 191 Å². The largest absolute Gasteiger partial charge is 0.352 e. The Kier molecular flexibility index (Phi) is 4.27. The molecule has 0 radical (unpaired) electrons. The number of nitrogens with zero attached hydrogens (tertiary/aromatic N) is 3. The summed E-state index contributed by atoms with van der Waals surface area (Å²) >= 11 is 0. The third-order valence-electron chi connectivity index (χ3n) is 7.27. The molecule has 6 heteroatoms. The van der Waals surface area contributed by atoms with Gasteiger partial charge in [0, 0.05) is 34.9 Å². The van der Waals surface area contributed by atoms with Crippen molar-refractivity contribution >= 4 is 40.3 Å². The van der Waals surface area contributed by atoms with Crippen molar-refractivity contribution in [3.8, 4) is 0 Å². The van der Waals surface area contributed by atoms with Crippen LogP contribution in [0, 0.1) is 18.8 Å². The Bertz CT molecular complexity index is 1360. The number of Topliss-reactive ketones (excluding diaryl/α,β-unsaturated/α-hetero) is 1. The van der Waals surface area contributed by atoms with E-state index >= 15 is 0 Å². The average molecular weight is 437 g/mol. The molecule has 4 heterocycles. The monoisotopic (exact) mass is 437 g/mol. The number of pyridine rings is 1. The van der Waals surface area contributed by atoms with E-state index in [0.29, 0.717) is 12.1 Å². The van der Waals surface area contributed by atoms with Crippen LogP contribution in [0.2, 0.25) is 0 Å². The summed E-state index contributed by atoms with van der Waals surface area (Å²) in [5, 5.41) is 1.00. The van der Waals surface area contributed by atoms with Gasteiger partial charge in [0.15, 0.2) is 5.78 Å². The van der Waals surface area contributed by atoms with Gasteiger partial charge in [-0.05, 0) is 26.0 Å². The number of rotatable bonds is 3. The normalized spacial score (nSPS) is 25.4. The van der Waals surface area contributed by atoms with Crippen LogP contribution in [0.3, 0.4) is 0 Å². The van der Waals surface area contributed by atoms with Crippen molar-refractivity contribution < 1.29 is 14.4 Å². The summed E-state index contributed by atoms with van der Waals surface area (Å²) < 4.78 is 0. The second kappa shape index (κ2) is 7.10. The van der Waals surface area contributed by atoms with Crippen LogP contribution in [0.25, 0.3) is 17.0 Å². The van der Waals surface area contributed by atoms with Crippen molar-refractivity contribution in [1.29, 1.82) is 0 Å². The molecule has 0 aliphatic carbocycles. The van der Waals surface area contributed by atoms with E-state index in [9.17, 15) is 14.4 Å². The van der Waals surface area contributed by atoms with Gasteiger partial charge in [0.05, 0.1) is 23.4 Å². The summed E-state index contributed by atoms with van der Waals surface area (Å²) in [7, 11) is 0. The van der Waals surface area contributed by atoms with Crippen LogP contribution in [0.1, 0.15) is 28.4 Å². The third kappa shape index (κ3) is 2.67. The number of fused-ring (bicyclic) bond motifs is 7. The Morgan fingerprint density at radius 3 is 2.52 bits per heavy atom. The molecule has 3 aliphatic heterocycles. The predicted molar refractivity (Wildman–Crippen MR) is 126 cm³/mol. The molecule has 4 atom stereocenters. The second-order valence-electron chi connectivity index (χ2n) is 8.98. The number of amides is 2. The molecule has 0 unspecified atom stereocenters. The lowest BCUT2D eigenvalue weighted by atomic mass is 9.86. The van der Waals surface area contributed by atoms with Gasteiger partial charge in [-0.1, -0.05) is 54.1 Å². The van der Waals surface area contributed by atoms with Gasteiger partial charge in [-0.25, -0.2) is 0 Å². The summed E-state index contributed by atoms with van der Waals surface area (Å²) in [6.07, 6.45) is 5.72. The highest BCUT2D eigenvalue weighted by molar-refractivity contribution is 6.14. The fourth-order valence-corrected chi connectivity index (χ4v) is 5.75. The van der Waals surface area contributed by atoms with Gasteiger partial charge < -0.3 is 4.90 Å². The first kappa shape index (κ1) is 19.9. The lowest BCUT2D eigenvalue weighted by Gasteiger charge is -2.36. The Morgan fingerprint density at radius 1 is 1.00 bits per heavy atom. The molecule has 2 amide bonds. The highest BCUT2D eigenvalue weighted by atomic mass is 16.2. The standard InChI is InChI=1S/C27H23N3O3/c1-3-29-26(32)21-20-13-11-18-19(12-10-16-5-4-14-28-23(16)18)30(20)24(22(21)27(29)33)25(31)17-8-6-15(2)7-9-17/h4-14,20-22,24H,3H2,1-2H3/t20-,21+,22+,24+/m1/s1. The summed E-state index contributed by atoms with van der Waals surface area (Å²) in [6.45, 7) is 4.09. The number of aryl methyl sites for hydroxylation is 1. The third-order valence-corrected chi connectivity index (χ3v) is 7.27. The number of ketones is 1. The fourth-order valence-electron chi connectivity index (χ4n) is 5.75. The summed E-state index contributed by atoms with van der Waals surface area (Å²) in [5.74, 6) is -1.84. The van der Waals surface area contributed by atoms with Gasteiger partial charge in [-0.3, -0.25) is 24.3 Å². The van der Waals surface area contributed by atoms with E-state index in [-0.39, 0.29) is 23.6 Å². The number of likely N-dealkylation sites (tertiary alicyclic amines) is 1. The number of hydrogen-bond donors (Lipinski definition) is 0. The highest BCUT2D eigenvalue weighted by Crippen LogP contribution is 2.49. The number of imide groups is 1. The Hall–Kier alpha value is -3.80. The number of benzene rings is 2. The van der Waals surface area contributed by atoms with E-state index in [1.54, 1.807) is 13.1 Å². The first-order valence-electron chi connectivity index (χ1n) is 11.3. The van der Waals surface area contributed by atoms with E-state index in [2.05, 4.69) is 4.98 Å². The topological polar surface area (TPSA) is 70.6 Å². The molecular formula is C27H23N3O3. The second-order valence-corrected chi connectivity index (χ2v) is 8.98. The van der Waals surface area contributed by atoms with Crippen molar-refractivity contribution in [2.75, 3.05) is 11.4 Å². The zero-order valence-corrected chi connectivity index (χ0v) is 18.4. The van der Waals surface area contributed by atoms with E-state index in [4.69, 9.17) is 0 Å². The molecule has 33 heavy (non-hydrogen) atoms. The van der Waals surface area contributed by atoms with Crippen molar-refractivity contribution in [3.05, 3.63) is 77.5 Å². The van der Waals surface area contributed by atoms with Crippen molar-refractivity contribution in [2.45, 2.75) is 25.9 Å². The van der Waals surface area contributed by atoms with Gasteiger partial charge in [0.1, 0.15) is 6.04 Å². The molecule has 0 N–H and O–H groups in total. The van der Waals surface area contributed by atoms with Crippen molar-refractivity contribution in [2.24, 2.45) is 11.8 Å². The molecule has 2 aromatic carbocycles. The number of carbonyl (C=O) groups is 3. The van der Waals surface area contributed by atoms with Crippen LogP contribution in [0.4, 0.5) is 5.69 Å². The van der Waals surface area contributed by atoms with Crippen LogP contribution in [0.5, 0.6) is 0 Å². The average Bonchev–Trinajstić information content (AvgIpc) is 3.31. The summed E-state index contributed by atoms with van der Waals surface area (Å²) in [5.41, 5.74) is 4.21. The number of anilines is 1. The molecule has 1 aromatic heterocycles. The molecule has 6 rings (SSSR count). The van der Waals surface area contributed by atoms with Crippen LogP contribution < -0.4 is 4.90 Å². The zero-order chi connectivity index (χ0) is 22.9. The van der Waals surface area contributed by atoms with Gasteiger partial charge in [0.25, 0.3) is 0 Å². The van der Waals surface area contributed by atoms with Crippen LogP contribution in [-0.4, -0.2) is 46.1 Å². The molecule has 6 nitrogen and oxygen atoms in total. The van der Waals surface area contributed by atoms with Gasteiger partial charge in [-0.15, -0.1) is 0 Å². The molecule has 0 spiro atoms. The van der Waals surface area contributed by atoms with Crippen LogP contribution in [0.15, 0.2) is 60.8 Å². The summed E-state index contributed by atoms with van der Waals surface area (Å²) in [4.78, 5) is 48.5. The molecule has 3 aromatic rings. The van der Waals surface area contributed by atoms with E-state index in [1.807, 2.05) is 72.5 Å². The Morgan fingerprint density at radius 2 is 1.76 bits per heavy atom. The first-order valence-corrected chi connectivity index (χ1v) is 11.3. The fraction of sp³-hybridized carbons (Fsp3) is 0.259. The maximum Gasteiger partial charge on any atom is 0.235 e. The van der Waals surface area contributed by atoms with Gasteiger partial charge in [-0.2, -0.15) is 0 Å². The highest BCUT2D eigenvalue weighted by Gasteiger charge is 2.63. The molecule has 0 saturated carbocycles. The lowest BCUT2D eigenvalue weighted by Crippen LogP contribution is -2.48. The number of hydrogen-bond acceptors (Lipinski definition) is 5. The zero-order valence-electron chi connectivity index (χ0n) is 18.4. The number of carbonyl (C=O) groups excluding carboxylic acids is 3. The Balaban J connectivity index is 1.55. The van der Waals surface area contributed by atoms with Crippen LogP contribution in [-0.2, 0) is 9.59 Å². The van der Waals surface area contributed by atoms with E-state index < -0.39 is 17.9 Å². The number of aromatic nitrogens is 1. The molecule has 3 aliphatic rings. The molecule has 0 bridgehead atoms. The molecule has 164 valence electrons. The quantitative estimate of drug-likeness (QED) is 0.462. The van der Waals surface area contributed by atoms with Crippen LogP contribution >= 0.6 is 0 Å². The maximum atomic E-state index is 13.9. The minimum atomic E-state index is -0.749. The van der Waals surface area contributed by atoms with Crippen molar-refractivity contribution in [3.63, 3.8) is 0 Å².